The van der Waals surface area contributed by atoms with Crippen molar-refractivity contribution in [2.24, 2.45) is 5.73 Å². The van der Waals surface area contributed by atoms with Gasteiger partial charge in [0, 0.05) is 11.6 Å². The summed E-state index contributed by atoms with van der Waals surface area (Å²) in [6, 6.07) is 16.1. The number of hydrogen-bond donors (Lipinski definition) is 1. The van der Waals surface area contributed by atoms with Gasteiger partial charge in [0.1, 0.15) is 5.65 Å². The molecule has 2 heterocycles. The van der Waals surface area contributed by atoms with Crippen LogP contribution in [0.4, 0.5) is 0 Å². The third-order valence-electron chi connectivity index (χ3n) is 3.73. The number of pyridine rings is 1. The van der Waals surface area contributed by atoms with Gasteiger partial charge in [-0.25, -0.2) is 4.98 Å². The molecule has 2 aromatic heterocycles. The Morgan fingerprint density at radius 2 is 1.67 bits per heavy atom. The minimum absolute atomic E-state index is 0.0479. The van der Waals surface area contributed by atoms with Gasteiger partial charge < -0.3 is 10.1 Å². The van der Waals surface area contributed by atoms with E-state index in [4.69, 9.17) is 10.7 Å². The van der Waals surface area contributed by atoms with Crippen molar-refractivity contribution < 1.29 is 0 Å². The lowest BCUT2D eigenvalue weighted by atomic mass is 9.88. The van der Waals surface area contributed by atoms with Gasteiger partial charge >= 0.3 is 0 Å². The van der Waals surface area contributed by atoms with E-state index in [1.807, 2.05) is 42.6 Å². The number of imidazole rings is 1. The predicted molar refractivity (Wildman–Crippen MR) is 86.4 cm³/mol. The van der Waals surface area contributed by atoms with Gasteiger partial charge in [0.2, 0.25) is 0 Å². The van der Waals surface area contributed by atoms with E-state index in [1.54, 1.807) is 0 Å². The normalized spacial score (nSPS) is 13.5. The molecule has 3 aromatic rings. The first-order valence-electron chi connectivity index (χ1n) is 7.26. The molecule has 0 aliphatic carbocycles. The molecule has 1 unspecified atom stereocenters. The first kappa shape index (κ1) is 13.8. The smallest absolute Gasteiger partial charge is 0.137 e. The molecule has 3 rings (SSSR count). The summed E-state index contributed by atoms with van der Waals surface area (Å²) in [4.78, 5) is 4.81. The van der Waals surface area contributed by atoms with Crippen molar-refractivity contribution in [1.29, 1.82) is 0 Å². The van der Waals surface area contributed by atoms with Gasteiger partial charge in [-0.3, -0.25) is 0 Å². The van der Waals surface area contributed by atoms with Crippen molar-refractivity contribution in [2.75, 3.05) is 0 Å². The van der Waals surface area contributed by atoms with Crippen LogP contribution < -0.4 is 5.73 Å². The van der Waals surface area contributed by atoms with Gasteiger partial charge in [-0.15, -0.1) is 0 Å². The molecule has 0 spiro atoms. The molecule has 1 aromatic carbocycles. The highest BCUT2D eigenvalue weighted by molar-refractivity contribution is 5.47. The Morgan fingerprint density at radius 1 is 1.00 bits per heavy atom. The second-order valence-corrected chi connectivity index (χ2v) is 6.41. The summed E-state index contributed by atoms with van der Waals surface area (Å²) in [6.07, 6.45) is 2.04. The molecular formula is C18H21N3. The van der Waals surface area contributed by atoms with Gasteiger partial charge in [0.15, 0.2) is 0 Å². The van der Waals surface area contributed by atoms with E-state index in [-0.39, 0.29) is 11.5 Å². The van der Waals surface area contributed by atoms with E-state index >= 15 is 0 Å². The number of benzene rings is 1. The zero-order valence-corrected chi connectivity index (χ0v) is 12.7. The summed E-state index contributed by atoms with van der Waals surface area (Å²) in [5, 5.41) is 0. The molecule has 0 fully saturated rings. The molecule has 21 heavy (non-hydrogen) atoms. The van der Waals surface area contributed by atoms with Gasteiger partial charge in [0.25, 0.3) is 0 Å². The molecule has 108 valence electrons. The highest BCUT2D eigenvalue weighted by Crippen LogP contribution is 2.31. The van der Waals surface area contributed by atoms with Gasteiger partial charge in [-0.2, -0.15) is 0 Å². The molecule has 3 nitrogen and oxygen atoms in total. The van der Waals surface area contributed by atoms with Crippen molar-refractivity contribution in [3.05, 3.63) is 71.7 Å². The van der Waals surface area contributed by atoms with Gasteiger partial charge in [0.05, 0.1) is 17.4 Å². The van der Waals surface area contributed by atoms with Crippen molar-refractivity contribution in [3.63, 3.8) is 0 Å². The number of hydrogen-bond acceptors (Lipinski definition) is 2. The van der Waals surface area contributed by atoms with E-state index in [0.717, 1.165) is 22.6 Å². The number of nitrogens with two attached hydrogens (primary N) is 1. The fourth-order valence-corrected chi connectivity index (χ4v) is 2.68. The molecular weight excluding hydrogens is 258 g/mol. The van der Waals surface area contributed by atoms with Crippen LogP contribution in [0.1, 0.15) is 43.8 Å². The van der Waals surface area contributed by atoms with Crippen molar-refractivity contribution in [3.8, 4) is 0 Å². The third-order valence-corrected chi connectivity index (χ3v) is 3.73. The van der Waals surface area contributed by atoms with E-state index in [0.29, 0.717) is 0 Å². The van der Waals surface area contributed by atoms with Crippen LogP contribution in [0, 0.1) is 0 Å². The topological polar surface area (TPSA) is 43.3 Å². The van der Waals surface area contributed by atoms with E-state index in [9.17, 15) is 0 Å². The monoisotopic (exact) mass is 279 g/mol. The summed E-state index contributed by atoms with van der Waals surface area (Å²) >= 11 is 0. The predicted octanol–water partition coefficient (Wildman–Crippen LogP) is 3.68. The average molecular weight is 279 g/mol. The molecule has 0 amide bonds. The maximum atomic E-state index is 6.56. The highest BCUT2D eigenvalue weighted by Gasteiger charge is 2.27. The summed E-state index contributed by atoms with van der Waals surface area (Å²) < 4.78 is 2.11. The zero-order chi connectivity index (χ0) is 15.0. The SMILES string of the molecule is CC(C)(C)c1nc2ccccn2c1C(N)c1ccccc1. The van der Waals surface area contributed by atoms with Crippen molar-refractivity contribution in [2.45, 2.75) is 32.2 Å². The maximum Gasteiger partial charge on any atom is 0.137 e. The molecule has 0 bridgehead atoms. The van der Waals surface area contributed by atoms with Crippen LogP contribution in [-0.4, -0.2) is 9.38 Å². The Balaban J connectivity index is 2.25. The quantitative estimate of drug-likeness (QED) is 0.777. The maximum absolute atomic E-state index is 6.56. The molecule has 0 saturated carbocycles. The molecule has 0 radical (unpaired) electrons. The molecule has 0 saturated heterocycles. The summed E-state index contributed by atoms with van der Waals surface area (Å²) in [6.45, 7) is 6.53. The van der Waals surface area contributed by atoms with Gasteiger partial charge in [-0.05, 0) is 17.7 Å². The number of rotatable bonds is 2. The minimum Gasteiger partial charge on any atom is -0.319 e. The fourth-order valence-electron chi connectivity index (χ4n) is 2.68. The minimum atomic E-state index is -0.183. The highest BCUT2D eigenvalue weighted by atomic mass is 15.0. The van der Waals surface area contributed by atoms with Crippen LogP contribution in [0.3, 0.4) is 0 Å². The Labute approximate surface area is 125 Å². The molecule has 1 atom stereocenters. The molecule has 0 aliphatic rings. The Kier molecular flexibility index (Phi) is 3.30. The van der Waals surface area contributed by atoms with E-state index in [1.165, 1.54) is 0 Å². The summed E-state index contributed by atoms with van der Waals surface area (Å²) in [5.41, 5.74) is 10.7. The number of fused-ring (bicyclic) bond motifs is 1. The van der Waals surface area contributed by atoms with E-state index < -0.39 is 0 Å². The van der Waals surface area contributed by atoms with E-state index in [2.05, 4.69) is 37.3 Å². The van der Waals surface area contributed by atoms with Crippen LogP contribution >= 0.6 is 0 Å². The van der Waals surface area contributed by atoms with Crippen LogP contribution in [0.25, 0.3) is 5.65 Å². The molecule has 2 N–H and O–H groups in total. The Morgan fingerprint density at radius 3 is 2.33 bits per heavy atom. The molecule has 3 heteroatoms. The Hall–Kier alpha value is -2.13. The summed E-state index contributed by atoms with van der Waals surface area (Å²) in [7, 11) is 0. The lowest BCUT2D eigenvalue weighted by molar-refractivity contribution is 0.558. The Bertz CT molecular complexity index is 751. The lowest BCUT2D eigenvalue weighted by Gasteiger charge is -2.21. The largest absolute Gasteiger partial charge is 0.319 e. The van der Waals surface area contributed by atoms with Gasteiger partial charge in [-0.1, -0.05) is 57.2 Å². The second kappa shape index (κ2) is 5.01. The lowest BCUT2D eigenvalue weighted by Crippen LogP contribution is -2.21. The fraction of sp³-hybridized carbons (Fsp3) is 0.278. The number of aromatic nitrogens is 2. The zero-order valence-electron chi connectivity index (χ0n) is 12.7. The molecule has 0 aliphatic heterocycles. The second-order valence-electron chi connectivity index (χ2n) is 6.41. The summed E-state index contributed by atoms with van der Waals surface area (Å²) in [5.74, 6) is 0. The van der Waals surface area contributed by atoms with Crippen molar-refractivity contribution in [1.82, 2.24) is 9.38 Å². The van der Waals surface area contributed by atoms with Crippen LogP contribution in [0.5, 0.6) is 0 Å². The van der Waals surface area contributed by atoms with Crippen LogP contribution in [-0.2, 0) is 5.41 Å². The first-order chi connectivity index (χ1) is 9.98. The standard InChI is InChI=1S/C18H21N3/c1-18(2,3)17-16(15(19)13-9-5-4-6-10-13)21-12-8-7-11-14(21)20-17/h4-12,15H,19H2,1-3H3. The van der Waals surface area contributed by atoms with Crippen molar-refractivity contribution >= 4 is 5.65 Å². The van der Waals surface area contributed by atoms with Crippen LogP contribution in [0.15, 0.2) is 54.7 Å². The third kappa shape index (κ3) is 2.45. The van der Waals surface area contributed by atoms with Crippen LogP contribution in [0.2, 0.25) is 0 Å². The first-order valence-corrected chi connectivity index (χ1v) is 7.26. The number of nitrogens with zero attached hydrogens (tertiary/aromatic N) is 2. The average Bonchev–Trinajstić information content (AvgIpc) is 2.87.